The van der Waals surface area contributed by atoms with E-state index in [2.05, 4.69) is 15.8 Å². The van der Waals surface area contributed by atoms with Crippen LogP contribution >= 0.6 is 11.3 Å². The van der Waals surface area contributed by atoms with E-state index in [4.69, 9.17) is 0 Å². The number of hydrogen-bond acceptors (Lipinski definition) is 6. The van der Waals surface area contributed by atoms with E-state index in [-0.39, 0.29) is 10.9 Å². The molecule has 2 N–H and O–H groups in total. The molecule has 3 rings (SSSR count). The molecule has 3 aromatic rings. The first-order valence-electron chi connectivity index (χ1n) is 8.49. The Kier molecular flexibility index (Phi) is 6.10. The monoisotopic (exact) mass is 408 g/mol. The molecule has 29 heavy (non-hydrogen) atoms. The minimum Gasteiger partial charge on any atom is -0.322 e. The van der Waals surface area contributed by atoms with Crippen LogP contribution in [0.25, 0.3) is 0 Å². The van der Waals surface area contributed by atoms with E-state index in [0.717, 1.165) is 16.9 Å². The van der Waals surface area contributed by atoms with Crippen molar-refractivity contribution in [3.63, 3.8) is 0 Å². The number of thiophene rings is 1. The normalized spacial score (nSPS) is 10.7. The molecule has 0 radical (unpaired) electrons. The SMILES string of the molecule is Cc1ccccc1C(=O)Nc1cccc(C(=O)NN=Cc2ccc([N+](=O)[O-])s2)c1. The second-order valence-electron chi connectivity index (χ2n) is 5.98. The van der Waals surface area contributed by atoms with Crippen molar-refractivity contribution in [3.8, 4) is 0 Å². The van der Waals surface area contributed by atoms with Crippen LogP contribution in [0.3, 0.4) is 0 Å². The number of amides is 2. The smallest absolute Gasteiger partial charge is 0.322 e. The summed E-state index contributed by atoms with van der Waals surface area (Å²) in [6.07, 6.45) is 1.33. The van der Waals surface area contributed by atoms with Crippen molar-refractivity contribution < 1.29 is 14.5 Å². The summed E-state index contributed by atoms with van der Waals surface area (Å²) in [5.41, 5.74) is 4.55. The molecule has 0 aliphatic carbocycles. The lowest BCUT2D eigenvalue weighted by Gasteiger charge is -2.08. The third-order valence-electron chi connectivity index (χ3n) is 3.92. The molecule has 0 aliphatic rings. The number of carbonyl (C=O) groups is 2. The van der Waals surface area contributed by atoms with Crippen LogP contribution in [0, 0.1) is 17.0 Å². The second kappa shape index (κ2) is 8.89. The van der Waals surface area contributed by atoms with Gasteiger partial charge in [-0.2, -0.15) is 5.10 Å². The van der Waals surface area contributed by atoms with E-state index < -0.39 is 10.8 Å². The zero-order valence-corrected chi connectivity index (χ0v) is 16.1. The molecule has 9 heteroatoms. The second-order valence-corrected chi connectivity index (χ2v) is 7.08. The van der Waals surface area contributed by atoms with Crippen LogP contribution in [-0.4, -0.2) is 23.0 Å². The molecule has 8 nitrogen and oxygen atoms in total. The minimum absolute atomic E-state index is 0.00475. The number of nitrogens with one attached hydrogen (secondary N) is 2. The van der Waals surface area contributed by atoms with Crippen LogP contribution < -0.4 is 10.7 Å². The highest BCUT2D eigenvalue weighted by atomic mass is 32.1. The van der Waals surface area contributed by atoms with E-state index >= 15 is 0 Å². The molecule has 0 unspecified atom stereocenters. The van der Waals surface area contributed by atoms with Crippen molar-refractivity contribution in [3.05, 3.63) is 92.3 Å². The molecular formula is C20H16N4O4S. The molecule has 1 heterocycles. The highest BCUT2D eigenvalue weighted by Gasteiger charge is 2.11. The maximum absolute atomic E-state index is 12.4. The number of nitrogens with zero attached hydrogens (tertiary/aromatic N) is 2. The molecular weight excluding hydrogens is 392 g/mol. The van der Waals surface area contributed by atoms with E-state index in [9.17, 15) is 19.7 Å². The fourth-order valence-electron chi connectivity index (χ4n) is 2.49. The van der Waals surface area contributed by atoms with Crippen LogP contribution in [0.5, 0.6) is 0 Å². The Morgan fingerprint density at radius 2 is 1.86 bits per heavy atom. The number of hydrazone groups is 1. The van der Waals surface area contributed by atoms with Gasteiger partial charge in [-0.25, -0.2) is 5.43 Å². The van der Waals surface area contributed by atoms with Gasteiger partial charge < -0.3 is 5.32 Å². The summed E-state index contributed by atoms with van der Waals surface area (Å²) >= 11 is 0.950. The van der Waals surface area contributed by atoms with Gasteiger partial charge in [-0.1, -0.05) is 35.6 Å². The number of anilines is 1. The van der Waals surface area contributed by atoms with Crippen molar-refractivity contribution in [2.45, 2.75) is 6.92 Å². The van der Waals surface area contributed by atoms with Gasteiger partial charge in [0.05, 0.1) is 16.0 Å². The van der Waals surface area contributed by atoms with Crippen LogP contribution in [0.15, 0.2) is 65.8 Å². The van der Waals surface area contributed by atoms with E-state index in [1.807, 2.05) is 19.1 Å². The molecule has 0 fully saturated rings. The molecule has 2 amide bonds. The lowest BCUT2D eigenvalue weighted by atomic mass is 10.1. The Morgan fingerprint density at radius 3 is 2.59 bits per heavy atom. The third kappa shape index (κ3) is 5.11. The quantitative estimate of drug-likeness (QED) is 0.365. The highest BCUT2D eigenvalue weighted by molar-refractivity contribution is 7.16. The van der Waals surface area contributed by atoms with E-state index in [0.29, 0.717) is 21.7 Å². The minimum atomic E-state index is -0.489. The standard InChI is InChI=1S/C20H16N4O4S/c1-13-5-2-3-8-17(13)20(26)22-15-7-4-6-14(11-15)19(25)23-21-12-16-9-10-18(29-16)24(27)28/h2-12H,1H3,(H,22,26)(H,23,25). The van der Waals surface area contributed by atoms with Gasteiger partial charge >= 0.3 is 5.00 Å². The number of hydrogen-bond donors (Lipinski definition) is 2. The average molecular weight is 408 g/mol. The number of rotatable bonds is 6. The zero-order valence-electron chi connectivity index (χ0n) is 15.3. The summed E-state index contributed by atoms with van der Waals surface area (Å²) in [5, 5.41) is 17.3. The van der Waals surface area contributed by atoms with Gasteiger partial charge in [-0.05, 0) is 42.8 Å². The van der Waals surface area contributed by atoms with Gasteiger partial charge in [0, 0.05) is 22.9 Å². The highest BCUT2D eigenvalue weighted by Crippen LogP contribution is 2.22. The first kappa shape index (κ1) is 19.9. The molecule has 0 bridgehead atoms. The number of aryl methyl sites for hydroxylation is 1. The lowest BCUT2D eigenvalue weighted by Crippen LogP contribution is -2.18. The Balaban J connectivity index is 1.64. The first-order valence-corrected chi connectivity index (χ1v) is 9.30. The predicted molar refractivity (Wildman–Crippen MR) is 112 cm³/mol. The van der Waals surface area contributed by atoms with Gasteiger partial charge in [-0.15, -0.1) is 0 Å². The molecule has 0 atom stereocenters. The molecule has 0 aliphatic heterocycles. The van der Waals surface area contributed by atoms with Gasteiger partial charge in [0.15, 0.2) is 0 Å². The van der Waals surface area contributed by atoms with Crippen molar-refractivity contribution >= 4 is 40.1 Å². The molecule has 1 aromatic heterocycles. The largest absolute Gasteiger partial charge is 0.324 e. The number of benzene rings is 2. The molecule has 2 aromatic carbocycles. The summed E-state index contributed by atoms with van der Waals surface area (Å²) in [6, 6.07) is 16.6. The topological polar surface area (TPSA) is 114 Å². The molecule has 146 valence electrons. The van der Waals surface area contributed by atoms with Crippen molar-refractivity contribution in [2.24, 2.45) is 5.10 Å². The number of nitro groups is 1. The number of carbonyl (C=O) groups excluding carboxylic acids is 2. The Labute approximate surface area is 170 Å². The van der Waals surface area contributed by atoms with E-state index in [1.165, 1.54) is 18.3 Å². The van der Waals surface area contributed by atoms with Gasteiger partial charge in [0.1, 0.15) is 0 Å². The summed E-state index contributed by atoms with van der Waals surface area (Å²) in [6.45, 7) is 1.85. The van der Waals surface area contributed by atoms with Gasteiger partial charge in [0.2, 0.25) is 0 Å². The maximum Gasteiger partial charge on any atom is 0.324 e. The Morgan fingerprint density at radius 1 is 1.07 bits per heavy atom. The summed E-state index contributed by atoms with van der Waals surface area (Å²) in [5.74, 6) is -0.739. The molecule has 0 saturated carbocycles. The van der Waals surface area contributed by atoms with Crippen molar-refractivity contribution in [2.75, 3.05) is 5.32 Å². The Bertz CT molecular complexity index is 1110. The maximum atomic E-state index is 12.4. The fourth-order valence-corrected chi connectivity index (χ4v) is 3.19. The van der Waals surface area contributed by atoms with Gasteiger partial charge in [-0.3, -0.25) is 19.7 Å². The predicted octanol–water partition coefficient (Wildman–Crippen LogP) is 3.98. The lowest BCUT2D eigenvalue weighted by molar-refractivity contribution is -0.380. The zero-order chi connectivity index (χ0) is 20.8. The van der Waals surface area contributed by atoms with Crippen LogP contribution in [0.2, 0.25) is 0 Å². The van der Waals surface area contributed by atoms with Gasteiger partial charge in [0.25, 0.3) is 11.8 Å². The third-order valence-corrected chi connectivity index (χ3v) is 4.89. The Hall–Kier alpha value is -3.85. The fraction of sp³-hybridized carbons (Fsp3) is 0.0500. The summed E-state index contributed by atoms with van der Waals surface area (Å²) in [4.78, 5) is 35.4. The molecule has 0 spiro atoms. The van der Waals surface area contributed by atoms with Crippen molar-refractivity contribution in [1.82, 2.24) is 5.43 Å². The van der Waals surface area contributed by atoms with Crippen LogP contribution in [-0.2, 0) is 0 Å². The van der Waals surface area contributed by atoms with Crippen molar-refractivity contribution in [1.29, 1.82) is 0 Å². The average Bonchev–Trinajstić information content (AvgIpc) is 3.17. The van der Waals surface area contributed by atoms with Crippen LogP contribution in [0.1, 0.15) is 31.2 Å². The summed E-state index contributed by atoms with van der Waals surface area (Å²) in [7, 11) is 0. The van der Waals surface area contributed by atoms with E-state index in [1.54, 1.807) is 36.4 Å². The first-order chi connectivity index (χ1) is 13.9. The van der Waals surface area contributed by atoms with Crippen LogP contribution in [0.4, 0.5) is 10.7 Å². The summed E-state index contributed by atoms with van der Waals surface area (Å²) < 4.78 is 0. The molecule has 0 saturated heterocycles.